The molecule has 0 saturated carbocycles. The molecule has 1 aliphatic heterocycles. The lowest BCUT2D eigenvalue weighted by Gasteiger charge is -2.36. The number of hydrogen-bond donors (Lipinski definition) is 2. The van der Waals surface area contributed by atoms with Gasteiger partial charge in [0, 0.05) is 23.1 Å². The minimum absolute atomic E-state index is 0.663. The van der Waals surface area contributed by atoms with Gasteiger partial charge < -0.3 is 15.1 Å². The Morgan fingerprint density at radius 3 is 2.50 bits per heavy atom. The third-order valence-corrected chi connectivity index (χ3v) is 6.59. The highest BCUT2D eigenvalue weighted by Crippen LogP contribution is 2.44. The summed E-state index contributed by atoms with van der Waals surface area (Å²) >= 11 is 5.11. The molecule has 1 aliphatic rings. The van der Waals surface area contributed by atoms with Crippen molar-refractivity contribution in [3.05, 3.63) is 56.2 Å². The molecular weight excluding hydrogens is 362 g/mol. The average molecular weight is 382 g/mol. The van der Waals surface area contributed by atoms with E-state index in [0.717, 1.165) is 46.4 Å². The quantitative estimate of drug-likeness (QED) is 0.854. The van der Waals surface area contributed by atoms with E-state index in [1.165, 1.54) is 11.3 Å². The molecule has 0 aliphatic carbocycles. The van der Waals surface area contributed by atoms with E-state index in [2.05, 4.69) is 27.9 Å². The number of likely N-dealkylation sites (tertiary alicyclic amines) is 1. The number of piperidine rings is 1. The average Bonchev–Trinajstić information content (AvgIpc) is 2.93. The predicted molar refractivity (Wildman–Crippen MR) is 93.2 cm³/mol. The van der Waals surface area contributed by atoms with Crippen molar-refractivity contribution in [2.45, 2.75) is 24.5 Å². The van der Waals surface area contributed by atoms with Crippen molar-refractivity contribution in [3.8, 4) is 0 Å². The summed E-state index contributed by atoms with van der Waals surface area (Å²) in [5.74, 6) is 0. The number of aliphatic hydroxyl groups excluding tert-OH is 1. The van der Waals surface area contributed by atoms with Crippen LogP contribution in [0.15, 0.2) is 40.2 Å². The van der Waals surface area contributed by atoms with Gasteiger partial charge in [-0.2, -0.15) is 0 Å². The van der Waals surface area contributed by atoms with E-state index in [1.807, 2.05) is 35.7 Å². The van der Waals surface area contributed by atoms with Gasteiger partial charge in [-0.1, -0.05) is 30.3 Å². The molecule has 2 heterocycles. The first kappa shape index (κ1) is 16.1. The summed E-state index contributed by atoms with van der Waals surface area (Å²) in [5.41, 5.74) is 0.985. The fourth-order valence-electron chi connectivity index (χ4n) is 2.90. The van der Waals surface area contributed by atoms with Crippen LogP contribution in [0.1, 0.15) is 34.9 Å². The van der Waals surface area contributed by atoms with Gasteiger partial charge in [0.25, 0.3) is 0 Å². The second-order valence-corrected chi connectivity index (χ2v) is 7.68. The highest BCUT2D eigenvalue weighted by molar-refractivity contribution is 9.10. The second-order valence-electron chi connectivity index (χ2n) is 5.98. The lowest BCUT2D eigenvalue weighted by Crippen LogP contribution is -2.40. The van der Waals surface area contributed by atoms with Crippen LogP contribution in [-0.2, 0) is 5.60 Å². The van der Waals surface area contributed by atoms with Gasteiger partial charge in [0.1, 0.15) is 6.10 Å². The SMILES string of the molecule is CN1CCC(O)(c2csc(C(O)c3ccccc3)c2Br)CC1. The van der Waals surface area contributed by atoms with Crippen LogP contribution in [0.3, 0.4) is 0 Å². The van der Waals surface area contributed by atoms with Gasteiger partial charge in [0.15, 0.2) is 0 Å². The number of nitrogens with zero attached hydrogens (tertiary/aromatic N) is 1. The van der Waals surface area contributed by atoms with Gasteiger partial charge in [-0.25, -0.2) is 0 Å². The molecule has 0 bridgehead atoms. The van der Waals surface area contributed by atoms with Crippen LogP contribution in [0.4, 0.5) is 0 Å². The van der Waals surface area contributed by atoms with Gasteiger partial charge in [-0.15, -0.1) is 11.3 Å². The fraction of sp³-hybridized carbons (Fsp3) is 0.412. The summed E-state index contributed by atoms with van der Waals surface area (Å²) in [6, 6.07) is 9.62. The summed E-state index contributed by atoms with van der Waals surface area (Å²) in [5, 5.41) is 23.6. The van der Waals surface area contributed by atoms with Crippen LogP contribution in [0, 0.1) is 0 Å². The molecule has 1 atom stereocenters. The smallest absolute Gasteiger partial charge is 0.114 e. The zero-order valence-corrected chi connectivity index (χ0v) is 14.9. The molecule has 0 amide bonds. The van der Waals surface area contributed by atoms with E-state index in [9.17, 15) is 10.2 Å². The van der Waals surface area contributed by atoms with Crippen LogP contribution < -0.4 is 0 Å². The van der Waals surface area contributed by atoms with Crippen molar-refractivity contribution in [2.75, 3.05) is 20.1 Å². The molecule has 118 valence electrons. The van der Waals surface area contributed by atoms with Crippen molar-refractivity contribution in [2.24, 2.45) is 0 Å². The van der Waals surface area contributed by atoms with E-state index in [0.29, 0.717) is 0 Å². The van der Waals surface area contributed by atoms with Crippen molar-refractivity contribution in [1.82, 2.24) is 4.90 Å². The minimum atomic E-state index is -0.795. The van der Waals surface area contributed by atoms with Gasteiger partial charge in [0.05, 0.1) is 10.5 Å². The van der Waals surface area contributed by atoms with Crippen LogP contribution in [0.2, 0.25) is 0 Å². The van der Waals surface area contributed by atoms with E-state index in [-0.39, 0.29) is 0 Å². The van der Waals surface area contributed by atoms with Crippen LogP contribution in [0.25, 0.3) is 0 Å². The van der Waals surface area contributed by atoms with E-state index < -0.39 is 11.7 Å². The Balaban J connectivity index is 1.89. The number of halogens is 1. The Morgan fingerprint density at radius 2 is 1.86 bits per heavy atom. The monoisotopic (exact) mass is 381 g/mol. The lowest BCUT2D eigenvalue weighted by atomic mass is 9.86. The van der Waals surface area contributed by atoms with Crippen molar-refractivity contribution >= 4 is 27.3 Å². The number of benzene rings is 1. The van der Waals surface area contributed by atoms with E-state index in [4.69, 9.17) is 0 Å². The molecule has 5 heteroatoms. The molecule has 3 rings (SSSR count). The number of hydrogen-bond acceptors (Lipinski definition) is 4. The molecule has 1 unspecified atom stereocenters. The topological polar surface area (TPSA) is 43.7 Å². The first-order valence-electron chi connectivity index (χ1n) is 7.42. The molecule has 1 aromatic carbocycles. The maximum atomic E-state index is 11.0. The third kappa shape index (κ3) is 3.01. The highest BCUT2D eigenvalue weighted by atomic mass is 79.9. The molecule has 3 nitrogen and oxygen atoms in total. The third-order valence-electron chi connectivity index (χ3n) is 4.44. The first-order valence-corrected chi connectivity index (χ1v) is 9.10. The van der Waals surface area contributed by atoms with Gasteiger partial charge in [0.2, 0.25) is 0 Å². The molecule has 1 saturated heterocycles. The number of aliphatic hydroxyl groups is 2. The summed E-state index contributed by atoms with van der Waals surface area (Å²) < 4.78 is 0.848. The Hall–Kier alpha value is -0.720. The molecule has 2 N–H and O–H groups in total. The molecule has 1 aromatic heterocycles. The molecule has 0 spiro atoms. The van der Waals surface area contributed by atoms with Crippen LogP contribution in [0.5, 0.6) is 0 Å². The fourth-order valence-corrected chi connectivity index (χ4v) is 5.09. The van der Waals surface area contributed by atoms with Crippen LogP contribution >= 0.6 is 27.3 Å². The van der Waals surface area contributed by atoms with Crippen molar-refractivity contribution < 1.29 is 10.2 Å². The molecule has 22 heavy (non-hydrogen) atoms. The molecule has 2 aromatic rings. The molecule has 0 radical (unpaired) electrons. The highest BCUT2D eigenvalue weighted by Gasteiger charge is 2.36. The summed E-state index contributed by atoms with van der Waals surface area (Å²) in [4.78, 5) is 3.09. The van der Waals surface area contributed by atoms with E-state index >= 15 is 0 Å². The Morgan fingerprint density at radius 1 is 1.23 bits per heavy atom. The lowest BCUT2D eigenvalue weighted by molar-refractivity contribution is -0.0206. The minimum Gasteiger partial charge on any atom is -0.385 e. The Labute approximate surface area is 143 Å². The van der Waals surface area contributed by atoms with Crippen molar-refractivity contribution in [3.63, 3.8) is 0 Å². The first-order chi connectivity index (χ1) is 10.5. The summed E-state index contributed by atoms with van der Waals surface area (Å²) in [7, 11) is 2.08. The predicted octanol–water partition coefficient (Wildman–Crippen LogP) is 3.51. The van der Waals surface area contributed by atoms with E-state index in [1.54, 1.807) is 0 Å². The van der Waals surface area contributed by atoms with Crippen LogP contribution in [-0.4, -0.2) is 35.3 Å². The number of thiophene rings is 1. The maximum Gasteiger partial charge on any atom is 0.114 e. The summed E-state index contributed by atoms with van der Waals surface area (Å²) in [6.45, 7) is 1.77. The zero-order valence-electron chi connectivity index (χ0n) is 12.5. The largest absolute Gasteiger partial charge is 0.385 e. The molecular formula is C17H20BrNO2S. The summed E-state index contributed by atoms with van der Waals surface area (Å²) in [6.07, 6.45) is 0.781. The van der Waals surface area contributed by atoms with Gasteiger partial charge in [-0.05, 0) is 46.8 Å². The Kier molecular flexibility index (Phi) is 4.71. The number of rotatable bonds is 3. The van der Waals surface area contributed by atoms with Gasteiger partial charge in [-0.3, -0.25) is 0 Å². The standard InChI is InChI=1S/C17H20BrNO2S/c1-19-9-7-17(21,8-10-19)13-11-22-16(14(13)18)15(20)12-5-3-2-4-6-12/h2-6,11,15,20-21H,7-10H2,1H3. The normalized spacial score (nSPS) is 20.0. The Bertz CT molecular complexity index is 635. The van der Waals surface area contributed by atoms with Gasteiger partial charge >= 0.3 is 0 Å². The maximum absolute atomic E-state index is 11.0. The van der Waals surface area contributed by atoms with Crippen molar-refractivity contribution in [1.29, 1.82) is 0 Å². The zero-order chi connectivity index (χ0) is 15.7. The second kappa shape index (κ2) is 6.42. The molecule has 1 fully saturated rings.